The van der Waals surface area contributed by atoms with Crippen molar-refractivity contribution >= 4 is 6.29 Å². The van der Waals surface area contributed by atoms with Crippen molar-refractivity contribution in [1.29, 1.82) is 0 Å². The normalized spacial score (nSPS) is 30.0. The minimum Gasteiger partial charge on any atom is -0.299 e. The van der Waals surface area contributed by atoms with Gasteiger partial charge in [-0.3, -0.25) is 9.69 Å². The van der Waals surface area contributed by atoms with Gasteiger partial charge in [0.1, 0.15) is 6.29 Å². The Kier molecular flexibility index (Phi) is 2.79. The highest BCUT2D eigenvalue weighted by Crippen LogP contribution is 2.34. The van der Waals surface area contributed by atoms with E-state index in [0.717, 1.165) is 24.8 Å². The highest BCUT2D eigenvalue weighted by atomic mass is 16.1. The van der Waals surface area contributed by atoms with Crippen LogP contribution < -0.4 is 0 Å². The van der Waals surface area contributed by atoms with Crippen molar-refractivity contribution in [2.24, 2.45) is 0 Å². The average Bonchev–Trinajstić information content (AvgIpc) is 2.88. The van der Waals surface area contributed by atoms with Gasteiger partial charge < -0.3 is 0 Å². The van der Waals surface area contributed by atoms with Crippen LogP contribution in [0.4, 0.5) is 0 Å². The van der Waals surface area contributed by atoms with E-state index >= 15 is 0 Å². The number of aldehydes is 1. The minimum atomic E-state index is 0.726. The fourth-order valence-electron chi connectivity index (χ4n) is 2.29. The summed E-state index contributed by atoms with van der Waals surface area (Å²) in [6.07, 6.45) is 11.0. The van der Waals surface area contributed by atoms with Crippen LogP contribution in [0.25, 0.3) is 0 Å². The van der Waals surface area contributed by atoms with Gasteiger partial charge in [0.25, 0.3) is 0 Å². The monoisotopic (exact) mass is 179 g/mol. The van der Waals surface area contributed by atoms with E-state index in [0.29, 0.717) is 0 Å². The molecule has 1 aliphatic carbocycles. The molecule has 2 aliphatic rings. The van der Waals surface area contributed by atoms with Gasteiger partial charge in [0.15, 0.2) is 0 Å². The lowest BCUT2D eigenvalue weighted by molar-refractivity contribution is -0.104. The van der Waals surface area contributed by atoms with Crippen LogP contribution in [0.2, 0.25) is 0 Å². The lowest BCUT2D eigenvalue weighted by atomic mass is 10.1. The summed E-state index contributed by atoms with van der Waals surface area (Å²) in [5.41, 5.74) is 0. The number of nitrogens with zero attached hydrogens (tertiary/aromatic N) is 1. The summed E-state index contributed by atoms with van der Waals surface area (Å²) in [6, 6.07) is 1.61. The van der Waals surface area contributed by atoms with Crippen LogP contribution in [-0.4, -0.2) is 29.8 Å². The van der Waals surface area contributed by atoms with Crippen molar-refractivity contribution in [3.8, 4) is 0 Å². The first-order chi connectivity index (χ1) is 6.42. The van der Waals surface area contributed by atoms with E-state index in [-0.39, 0.29) is 0 Å². The molecule has 1 unspecified atom stereocenters. The largest absolute Gasteiger partial charge is 0.299 e. The van der Waals surface area contributed by atoms with Gasteiger partial charge in [-0.1, -0.05) is 6.08 Å². The summed E-state index contributed by atoms with van der Waals surface area (Å²) < 4.78 is 0. The molecule has 2 nitrogen and oxygen atoms in total. The molecule has 1 saturated carbocycles. The Balaban J connectivity index is 1.82. The first-order valence-electron chi connectivity index (χ1n) is 5.28. The molecule has 2 heteroatoms. The number of allylic oxidation sites excluding steroid dienone is 1. The molecule has 0 aromatic heterocycles. The summed E-state index contributed by atoms with van der Waals surface area (Å²) in [5, 5.41) is 0. The predicted molar refractivity (Wildman–Crippen MR) is 52.6 cm³/mol. The van der Waals surface area contributed by atoms with Crippen molar-refractivity contribution in [2.75, 3.05) is 6.54 Å². The van der Waals surface area contributed by atoms with E-state index in [1.165, 1.54) is 32.2 Å². The van der Waals surface area contributed by atoms with Crippen LogP contribution in [-0.2, 0) is 4.79 Å². The van der Waals surface area contributed by atoms with Gasteiger partial charge in [-0.2, -0.15) is 0 Å². The molecule has 2 fully saturated rings. The molecule has 1 saturated heterocycles. The number of hydrogen-bond acceptors (Lipinski definition) is 2. The zero-order valence-corrected chi connectivity index (χ0v) is 7.98. The van der Waals surface area contributed by atoms with Gasteiger partial charge in [-0.05, 0) is 44.7 Å². The molecule has 13 heavy (non-hydrogen) atoms. The van der Waals surface area contributed by atoms with Gasteiger partial charge in [-0.25, -0.2) is 0 Å². The summed E-state index contributed by atoms with van der Waals surface area (Å²) in [6.45, 7) is 1.28. The molecule has 1 aliphatic heterocycles. The van der Waals surface area contributed by atoms with E-state index in [9.17, 15) is 4.79 Å². The maximum Gasteiger partial charge on any atom is 0.142 e. The Morgan fingerprint density at radius 3 is 2.85 bits per heavy atom. The second kappa shape index (κ2) is 4.05. The zero-order chi connectivity index (χ0) is 9.10. The van der Waals surface area contributed by atoms with Crippen LogP contribution in [0.15, 0.2) is 12.2 Å². The Morgan fingerprint density at radius 2 is 2.15 bits per heavy atom. The standard InChI is InChI=1S/C11H17NO/c13-9-2-1-4-10-5-3-8-12(10)11-6-7-11/h1-2,9-11H,3-8H2/b2-1+. The fourth-order valence-corrected chi connectivity index (χ4v) is 2.29. The Hall–Kier alpha value is -0.630. The van der Waals surface area contributed by atoms with Crippen LogP contribution in [0, 0.1) is 0 Å². The Labute approximate surface area is 79.6 Å². The SMILES string of the molecule is O=C/C=C/CC1CCCN1C1CC1. The summed E-state index contributed by atoms with van der Waals surface area (Å²) in [4.78, 5) is 12.7. The third kappa shape index (κ3) is 2.19. The van der Waals surface area contributed by atoms with Crippen molar-refractivity contribution in [3.05, 3.63) is 12.2 Å². The average molecular weight is 179 g/mol. The molecule has 0 radical (unpaired) electrons. The van der Waals surface area contributed by atoms with E-state index in [1.54, 1.807) is 6.08 Å². The molecular formula is C11H17NO. The van der Waals surface area contributed by atoms with Gasteiger partial charge in [0.05, 0.1) is 0 Å². The second-order valence-electron chi connectivity index (χ2n) is 4.06. The molecule has 0 bridgehead atoms. The number of hydrogen-bond donors (Lipinski definition) is 0. The number of rotatable bonds is 4. The molecule has 0 aromatic rings. The predicted octanol–water partition coefficient (Wildman–Crippen LogP) is 1.76. The Morgan fingerprint density at radius 1 is 1.31 bits per heavy atom. The van der Waals surface area contributed by atoms with Gasteiger partial charge in [-0.15, -0.1) is 0 Å². The highest BCUT2D eigenvalue weighted by Gasteiger charge is 2.35. The number of carbonyl (C=O) groups excluding carboxylic acids is 1. The van der Waals surface area contributed by atoms with Crippen molar-refractivity contribution in [3.63, 3.8) is 0 Å². The van der Waals surface area contributed by atoms with Gasteiger partial charge >= 0.3 is 0 Å². The summed E-state index contributed by atoms with van der Waals surface area (Å²) >= 11 is 0. The number of carbonyl (C=O) groups is 1. The number of likely N-dealkylation sites (tertiary alicyclic amines) is 1. The molecule has 1 heterocycles. The molecule has 0 amide bonds. The van der Waals surface area contributed by atoms with Crippen LogP contribution in [0.1, 0.15) is 32.1 Å². The van der Waals surface area contributed by atoms with Crippen molar-refractivity contribution < 1.29 is 4.79 Å². The van der Waals surface area contributed by atoms with E-state index in [1.807, 2.05) is 6.08 Å². The maximum absolute atomic E-state index is 10.1. The zero-order valence-electron chi connectivity index (χ0n) is 7.98. The van der Waals surface area contributed by atoms with Gasteiger partial charge in [0.2, 0.25) is 0 Å². The highest BCUT2D eigenvalue weighted by molar-refractivity contribution is 5.64. The van der Waals surface area contributed by atoms with Crippen LogP contribution in [0.5, 0.6) is 0 Å². The smallest absolute Gasteiger partial charge is 0.142 e. The molecular weight excluding hydrogens is 162 g/mol. The van der Waals surface area contributed by atoms with E-state index < -0.39 is 0 Å². The van der Waals surface area contributed by atoms with Crippen molar-refractivity contribution in [2.45, 2.75) is 44.2 Å². The van der Waals surface area contributed by atoms with Gasteiger partial charge in [0, 0.05) is 12.1 Å². The van der Waals surface area contributed by atoms with Crippen LogP contribution >= 0.6 is 0 Å². The topological polar surface area (TPSA) is 20.3 Å². The summed E-state index contributed by atoms with van der Waals surface area (Å²) in [7, 11) is 0. The van der Waals surface area contributed by atoms with E-state index in [4.69, 9.17) is 0 Å². The summed E-state index contributed by atoms with van der Waals surface area (Å²) in [5.74, 6) is 0. The molecule has 0 spiro atoms. The third-order valence-corrected chi connectivity index (χ3v) is 3.06. The Bertz CT molecular complexity index is 208. The molecule has 72 valence electrons. The molecule has 0 N–H and O–H groups in total. The molecule has 0 aromatic carbocycles. The second-order valence-corrected chi connectivity index (χ2v) is 4.06. The van der Waals surface area contributed by atoms with Crippen LogP contribution in [0.3, 0.4) is 0 Å². The first-order valence-corrected chi connectivity index (χ1v) is 5.28. The maximum atomic E-state index is 10.1. The third-order valence-electron chi connectivity index (χ3n) is 3.06. The first kappa shape index (κ1) is 8.95. The lowest BCUT2D eigenvalue weighted by Crippen LogP contribution is -2.30. The quantitative estimate of drug-likeness (QED) is 0.484. The van der Waals surface area contributed by atoms with E-state index in [2.05, 4.69) is 4.90 Å². The minimum absolute atomic E-state index is 0.726. The lowest BCUT2D eigenvalue weighted by Gasteiger charge is -2.22. The fraction of sp³-hybridized carbons (Fsp3) is 0.727. The molecule has 1 atom stereocenters. The van der Waals surface area contributed by atoms with Crippen molar-refractivity contribution in [1.82, 2.24) is 4.90 Å². The molecule has 2 rings (SSSR count).